The topological polar surface area (TPSA) is 34.9 Å². The zero-order chi connectivity index (χ0) is 21.0. The Kier molecular flexibility index (Phi) is 6.59. The fourth-order valence-electron chi connectivity index (χ4n) is 3.66. The van der Waals surface area contributed by atoms with Gasteiger partial charge in [0.2, 0.25) is 0 Å². The Hall–Kier alpha value is -2.39. The molecule has 0 atom stereocenters. The molecule has 3 rings (SSSR count). The average Bonchev–Trinajstić information content (AvgIpc) is 3.00. The molecule has 0 aliphatic rings. The van der Waals surface area contributed by atoms with Gasteiger partial charge in [0.05, 0.1) is 0 Å². The molecule has 0 N–H and O–H groups in total. The lowest BCUT2D eigenvalue weighted by Gasteiger charge is -2.23. The molecule has 0 spiro atoms. The van der Waals surface area contributed by atoms with Gasteiger partial charge in [0.15, 0.2) is 11.4 Å². The lowest BCUT2D eigenvalue weighted by atomic mass is 9.82. The summed E-state index contributed by atoms with van der Waals surface area (Å²) in [4.78, 5) is 16.0. The van der Waals surface area contributed by atoms with Crippen LogP contribution in [0.5, 0.6) is 0 Å². The lowest BCUT2D eigenvalue weighted by Crippen LogP contribution is -2.12. The van der Waals surface area contributed by atoms with Crippen molar-refractivity contribution in [1.82, 2.24) is 9.55 Å². The first-order chi connectivity index (χ1) is 13.8. The minimum Gasteiger partial charge on any atom is -0.320 e. The minimum atomic E-state index is 0.0792. The van der Waals surface area contributed by atoms with E-state index in [9.17, 15) is 4.79 Å². The molecule has 0 saturated heterocycles. The number of imidazole rings is 1. The predicted molar refractivity (Wildman–Crippen MR) is 121 cm³/mol. The molecule has 0 saturated carbocycles. The Morgan fingerprint density at radius 2 is 1.76 bits per heavy atom. The normalized spacial score (nSPS) is 11.6. The number of unbranched alkanes of at least 4 members (excludes halogenated alkanes) is 1. The number of halogens is 1. The summed E-state index contributed by atoms with van der Waals surface area (Å²) >= 11 is 6.20. The molecule has 2 aromatic carbocycles. The summed E-state index contributed by atoms with van der Waals surface area (Å²) in [5.74, 6) is 0.876. The smallest absolute Gasteiger partial charge is 0.169 e. The molecule has 0 bridgehead atoms. The minimum absolute atomic E-state index is 0.0792. The van der Waals surface area contributed by atoms with E-state index in [4.69, 9.17) is 11.6 Å². The van der Waals surface area contributed by atoms with E-state index in [-0.39, 0.29) is 5.41 Å². The van der Waals surface area contributed by atoms with Gasteiger partial charge in [-0.3, -0.25) is 4.79 Å². The second-order valence-corrected chi connectivity index (χ2v) is 8.86. The Morgan fingerprint density at radius 3 is 2.38 bits per heavy atom. The summed E-state index contributed by atoms with van der Waals surface area (Å²) in [7, 11) is 0. The van der Waals surface area contributed by atoms with Crippen LogP contribution in [0.3, 0.4) is 0 Å². The average molecular weight is 409 g/mol. The molecule has 0 aliphatic heterocycles. The van der Waals surface area contributed by atoms with E-state index in [1.807, 2.05) is 4.57 Å². The number of benzene rings is 2. The van der Waals surface area contributed by atoms with Gasteiger partial charge in [-0.15, -0.1) is 0 Å². The van der Waals surface area contributed by atoms with Crippen LogP contribution in [0.2, 0.25) is 5.15 Å². The van der Waals surface area contributed by atoms with Gasteiger partial charge in [0, 0.05) is 13.0 Å². The fourth-order valence-corrected chi connectivity index (χ4v) is 3.90. The molecule has 3 nitrogen and oxygen atoms in total. The monoisotopic (exact) mass is 408 g/mol. The highest BCUT2D eigenvalue weighted by atomic mass is 35.5. The summed E-state index contributed by atoms with van der Waals surface area (Å²) in [6.07, 6.45) is 3.72. The van der Waals surface area contributed by atoms with Crippen molar-refractivity contribution in [3.63, 3.8) is 0 Å². The Labute approximate surface area is 178 Å². The number of rotatable bonds is 7. The Morgan fingerprint density at radius 1 is 1.07 bits per heavy atom. The lowest BCUT2D eigenvalue weighted by molar-refractivity contribution is 0.111. The van der Waals surface area contributed by atoms with Crippen LogP contribution >= 0.6 is 11.6 Å². The first-order valence-corrected chi connectivity index (χ1v) is 10.6. The first-order valence-electron chi connectivity index (χ1n) is 10.2. The molecule has 0 unspecified atom stereocenters. The maximum atomic E-state index is 11.6. The highest BCUT2D eigenvalue weighted by Gasteiger charge is 2.18. The molecule has 4 heteroatoms. The molecule has 29 heavy (non-hydrogen) atoms. The second kappa shape index (κ2) is 8.96. The quantitative estimate of drug-likeness (QED) is 0.407. The van der Waals surface area contributed by atoms with E-state index in [2.05, 4.69) is 81.2 Å². The third-order valence-corrected chi connectivity index (χ3v) is 5.53. The van der Waals surface area contributed by atoms with E-state index < -0.39 is 0 Å². The van der Waals surface area contributed by atoms with Crippen LogP contribution < -0.4 is 0 Å². The zero-order valence-electron chi connectivity index (χ0n) is 17.7. The van der Waals surface area contributed by atoms with Crippen LogP contribution in [0.15, 0.2) is 48.5 Å². The van der Waals surface area contributed by atoms with Gasteiger partial charge in [-0.1, -0.05) is 94.2 Å². The molecule has 0 amide bonds. The second-order valence-electron chi connectivity index (χ2n) is 8.50. The van der Waals surface area contributed by atoms with E-state index >= 15 is 0 Å². The summed E-state index contributed by atoms with van der Waals surface area (Å²) in [6, 6.07) is 17.1. The number of hydrogen-bond acceptors (Lipinski definition) is 2. The van der Waals surface area contributed by atoms with Crippen LogP contribution in [0.1, 0.15) is 68.0 Å². The van der Waals surface area contributed by atoms with Crippen molar-refractivity contribution in [2.75, 3.05) is 0 Å². The largest absolute Gasteiger partial charge is 0.320 e. The maximum Gasteiger partial charge on any atom is 0.169 e. The number of hydrogen-bond donors (Lipinski definition) is 0. The van der Waals surface area contributed by atoms with E-state index in [1.54, 1.807) is 0 Å². The van der Waals surface area contributed by atoms with Gasteiger partial charge in [0.25, 0.3) is 0 Å². The van der Waals surface area contributed by atoms with E-state index in [1.165, 1.54) is 16.7 Å². The standard InChI is InChI=1S/C25H29ClN2O/c1-5-6-11-23-27-24(26)22(17-29)28(23)16-18-12-14-19(15-13-18)20-9-7-8-10-21(20)25(2,3)4/h7-10,12-15,17H,5-6,11,16H2,1-4H3. The maximum absolute atomic E-state index is 11.6. The Bertz CT molecular complexity index is 981. The fraction of sp³-hybridized carbons (Fsp3) is 0.360. The van der Waals surface area contributed by atoms with Gasteiger partial charge < -0.3 is 4.57 Å². The molecule has 3 aromatic rings. The molecule has 1 aromatic heterocycles. The van der Waals surface area contributed by atoms with Gasteiger partial charge in [-0.25, -0.2) is 4.98 Å². The molecular weight excluding hydrogens is 380 g/mol. The predicted octanol–water partition coefficient (Wildman–Crippen LogP) is 6.70. The van der Waals surface area contributed by atoms with Crippen LogP contribution in [-0.4, -0.2) is 15.8 Å². The summed E-state index contributed by atoms with van der Waals surface area (Å²) in [5, 5.41) is 0.293. The summed E-state index contributed by atoms with van der Waals surface area (Å²) in [5.41, 5.74) is 5.45. The van der Waals surface area contributed by atoms with E-state index in [0.29, 0.717) is 17.4 Å². The van der Waals surface area contributed by atoms with Crippen molar-refractivity contribution < 1.29 is 4.79 Å². The van der Waals surface area contributed by atoms with Crippen LogP contribution in [0, 0.1) is 0 Å². The van der Waals surface area contributed by atoms with Crippen molar-refractivity contribution in [2.45, 2.75) is 58.9 Å². The van der Waals surface area contributed by atoms with Crippen LogP contribution in [0.25, 0.3) is 11.1 Å². The van der Waals surface area contributed by atoms with Gasteiger partial charge in [-0.2, -0.15) is 0 Å². The summed E-state index contributed by atoms with van der Waals surface area (Å²) < 4.78 is 1.95. The van der Waals surface area contributed by atoms with Crippen LogP contribution in [-0.2, 0) is 18.4 Å². The van der Waals surface area contributed by atoms with Crippen molar-refractivity contribution in [3.8, 4) is 11.1 Å². The van der Waals surface area contributed by atoms with Crippen molar-refractivity contribution in [1.29, 1.82) is 0 Å². The molecule has 0 fully saturated rings. The summed E-state index contributed by atoms with van der Waals surface area (Å²) in [6.45, 7) is 9.45. The van der Waals surface area contributed by atoms with Gasteiger partial charge >= 0.3 is 0 Å². The third-order valence-electron chi connectivity index (χ3n) is 5.25. The zero-order valence-corrected chi connectivity index (χ0v) is 18.5. The molecular formula is C25H29ClN2O. The SMILES string of the molecule is CCCCc1nc(Cl)c(C=O)n1Cc1ccc(-c2ccccc2C(C)(C)C)cc1. The van der Waals surface area contributed by atoms with Crippen molar-refractivity contribution in [3.05, 3.63) is 76.3 Å². The van der Waals surface area contributed by atoms with Gasteiger partial charge in [0.1, 0.15) is 11.5 Å². The van der Waals surface area contributed by atoms with Crippen molar-refractivity contribution >= 4 is 17.9 Å². The van der Waals surface area contributed by atoms with E-state index in [0.717, 1.165) is 36.9 Å². The highest BCUT2D eigenvalue weighted by Crippen LogP contribution is 2.33. The number of aryl methyl sites for hydroxylation is 1. The molecule has 152 valence electrons. The number of nitrogens with zero attached hydrogens (tertiary/aromatic N) is 2. The van der Waals surface area contributed by atoms with Crippen LogP contribution in [0.4, 0.5) is 0 Å². The molecule has 0 radical (unpaired) electrons. The molecule has 0 aliphatic carbocycles. The van der Waals surface area contributed by atoms with Crippen molar-refractivity contribution in [2.24, 2.45) is 0 Å². The molecule has 1 heterocycles. The number of aldehydes is 1. The number of aromatic nitrogens is 2. The van der Waals surface area contributed by atoms with Gasteiger partial charge in [-0.05, 0) is 34.1 Å². The number of carbonyl (C=O) groups excluding carboxylic acids is 1. The first kappa shape index (κ1) is 21.3. The number of carbonyl (C=O) groups is 1. The Balaban J connectivity index is 1.91. The third kappa shape index (κ3) is 4.79. The highest BCUT2D eigenvalue weighted by molar-refractivity contribution is 6.31.